The zero-order chi connectivity index (χ0) is 19.0. The van der Waals surface area contributed by atoms with Gasteiger partial charge in [-0.2, -0.15) is 0 Å². The first-order chi connectivity index (χ1) is 13.0. The second kappa shape index (κ2) is 7.12. The van der Waals surface area contributed by atoms with Gasteiger partial charge in [0.25, 0.3) is 5.91 Å². The number of hydrogen-bond acceptors (Lipinski definition) is 3. The molecule has 2 aliphatic heterocycles. The molecule has 2 fully saturated rings. The lowest BCUT2D eigenvalue weighted by molar-refractivity contribution is -0.915. The number of amides is 2. The topological polar surface area (TPSA) is 45.1 Å². The molecule has 0 bridgehead atoms. The average Bonchev–Trinajstić information content (AvgIpc) is 2.98. The van der Waals surface area contributed by atoms with E-state index in [1.165, 1.54) is 17.0 Å². The summed E-state index contributed by atoms with van der Waals surface area (Å²) in [4.78, 5) is 30.1. The number of carbonyl (C=O) groups excluding carboxylic acids is 2. The van der Waals surface area contributed by atoms with Crippen molar-refractivity contribution in [1.82, 2.24) is 0 Å². The van der Waals surface area contributed by atoms with Crippen molar-refractivity contribution < 1.29 is 18.9 Å². The van der Waals surface area contributed by atoms with Crippen LogP contribution >= 0.6 is 0 Å². The number of carbonyl (C=O) groups is 2. The summed E-state index contributed by atoms with van der Waals surface area (Å²) in [5, 5.41) is 0. The van der Waals surface area contributed by atoms with E-state index < -0.39 is 0 Å². The summed E-state index contributed by atoms with van der Waals surface area (Å²) >= 11 is 0. The molecule has 27 heavy (non-hydrogen) atoms. The molecule has 140 valence electrons. The minimum atomic E-state index is -0.311. The first-order valence-corrected chi connectivity index (χ1v) is 9.31. The van der Waals surface area contributed by atoms with E-state index in [4.69, 9.17) is 0 Å². The highest BCUT2D eigenvalue weighted by Gasteiger charge is 2.46. The van der Waals surface area contributed by atoms with E-state index in [9.17, 15) is 14.0 Å². The summed E-state index contributed by atoms with van der Waals surface area (Å²) in [6.07, 6.45) is 0.262. The number of benzene rings is 2. The smallest absolute Gasteiger partial charge is 0.292 e. The maximum Gasteiger partial charge on any atom is 0.292 e. The van der Waals surface area contributed by atoms with Crippen LogP contribution in [0.3, 0.4) is 0 Å². The lowest BCUT2D eigenvalue weighted by Gasteiger charge is -2.35. The SMILES string of the molecule is Cc1ccc(N2C(=O)C[C@@H]([NH+]3CCN(c4ccc(F)cc4)CC3)C2=O)cc1. The standard InChI is InChI=1S/C21H22FN3O2/c1-15-2-6-18(7-3-15)25-20(26)14-19(21(25)27)24-12-10-23(11-13-24)17-8-4-16(22)5-9-17/h2-9,19H,10-14H2,1H3/p+1/t19-/m1/s1. The number of imide groups is 1. The van der Waals surface area contributed by atoms with E-state index in [1.807, 2.05) is 31.2 Å². The lowest BCUT2D eigenvalue weighted by Crippen LogP contribution is -3.19. The maximum absolute atomic E-state index is 13.1. The molecule has 1 N–H and O–H groups in total. The maximum atomic E-state index is 13.1. The highest BCUT2D eigenvalue weighted by atomic mass is 19.1. The van der Waals surface area contributed by atoms with Crippen molar-refractivity contribution in [1.29, 1.82) is 0 Å². The van der Waals surface area contributed by atoms with E-state index in [2.05, 4.69) is 4.90 Å². The van der Waals surface area contributed by atoms with Crippen molar-refractivity contribution in [2.45, 2.75) is 19.4 Å². The number of aryl methyl sites for hydroxylation is 1. The van der Waals surface area contributed by atoms with E-state index in [0.717, 1.165) is 42.3 Å². The largest absolute Gasteiger partial charge is 0.360 e. The van der Waals surface area contributed by atoms with Crippen LogP contribution in [-0.2, 0) is 9.59 Å². The molecule has 0 saturated carbocycles. The molecule has 0 radical (unpaired) electrons. The van der Waals surface area contributed by atoms with Crippen LogP contribution in [0.1, 0.15) is 12.0 Å². The van der Waals surface area contributed by atoms with Crippen LogP contribution < -0.4 is 14.7 Å². The molecule has 2 heterocycles. The van der Waals surface area contributed by atoms with Gasteiger partial charge in [0.15, 0.2) is 6.04 Å². The van der Waals surface area contributed by atoms with Crippen LogP contribution in [0.2, 0.25) is 0 Å². The Morgan fingerprint density at radius 1 is 0.926 bits per heavy atom. The highest BCUT2D eigenvalue weighted by molar-refractivity contribution is 6.21. The predicted octanol–water partition coefficient (Wildman–Crippen LogP) is 1.17. The quantitative estimate of drug-likeness (QED) is 0.828. The molecule has 2 aromatic carbocycles. The average molecular weight is 368 g/mol. The summed E-state index contributed by atoms with van der Waals surface area (Å²) in [5.74, 6) is -0.467. The van der Waals surface area contributed by atoms with Gasteiger partial charge in [-0.05, 0) is 43.3 Å². The zero-order valence-corrected chi connectivity index (χ0v) is 15.3. The van der Waals surface area contributed by atoms with Gasteiger partial charge in [0.2, 0.25) is 5.91 Å². The van der Waals surface area contributed by atoms with Crippen molar-refractivity contribution in [3.05, 3.63) is 59.9 Å². The Morgan fingerprint density at radius 2 is 1.52 bits per heavy atom. The number of nitrogens with one attached hydrogen (secondary N) is 1. The molecule has 2 saturated heterocycles. The van der Waals surface area contributed by atoms with Gasteiger partial charge in [0.05, 0.1) is 38.3 Å². The summed E-state index contributed by atoms with van der Waals surface area (Å²) in [7, 11) is 0. The number of quaternary nitrogens is 1. The van der Waals surface area contributed by atoms with Gasteiger partial charge >= 0.3 is 0 Å². The van der Waals surface area contributed by atoms with E-state index in [0.29, 0.717) is 5.69 Å². The third-order valence-electron chi connectivity index (χ3n) is 5.53. The molecule has 5 nitrogen and oxygen atoms in total. The second-order valence-corrected chi connectivity index (χ2v) is 7.28. The molecular weight excluding hydrogens is 345 g/mol. The Morgan fingerprint density at radius 3 is 2.15 bits per heavy atom. The zero-order valence-electron chi connectivity index (χ0n) is 15.3. The highest BCUT2D eigenvalue weighted by Crippen LogP contribution is 2.22. The fourth-order valence-corrected chi connectivity index (χ4v) is 3.97. The number of anilines is 2. The molecule has 1 atom stereocenters. The monoisotopic (exact) mass is 368 g/mol. The van der Waals surface area contributed by atoms with E-state index in [-0.39, 0.29) is 30.1 Å². The second-order valence-electron chi connectivity index (χ2n) is 7.28. The van der Waals surface area contributed by atoms with Crippen LogP contribution in [0.15, 0.2) is 48.5 Å². The molecule has 0 aliphatic carbocycles. The minimum absolute atomic E-state index is 0.103. The third kappa shape index (κ3) is 3.45. The molecule has 2 aromatic rings. The molecular formula is C21H23FN3O2+. The fourth-order valence-electron chi connectivity index (χ4n) is 3.97. The Bertz CT molecular complexity index is 843. The normalized spacial score (nSPS) is 21.2. The van der Waals surface area contributed by atoms with Gasteiger partial charge in [-0.25, -0.2) is 9.29 Å². The number of piperazine rings is 1. The van der Waals surface area contributed by atoms with Crippen LogP contribution in [0.4, 0.5) is 15.8 Å². The number of rotatable bonds is 3. The van der Waals surface area contributed by atoms with Crippen LogP contribution in [-0.4, -0.2) is 44.0 Å². The molecule has 6 heteroatoms. The van der Waals surface area contributed by atoms with Crippen LogP contribution in [0.25, 0.3) is 0 Å². The minimum Gasteiger partial charge on any atom is -0.360 e. The van der Waals surface area contributed by atoms with Crippen molar-refractivity contribution in [2.24, 2.45) is 0 Å². The van der Waals surface area contributed by atoms with Gasteiger partial charge in [0.1, 0.15) is 5.82 Å². The van der Waals surface area contributed by atoms with E-state index in [1.54, 1.807) is 12.1 Å². The van der Waals surface area contributed by atoms with Gasteiger partial charge < -0.3 is 9.80 Å². The van der Waals surface area contributed by atoms with Gasteiger partial charge in [-0.15, -0.1) is 0 Å². The first kappa shape index (κ1) is 17.7. The molecule has 2 amide bonds. The van der Waals surface area contributed by atoms with Crippen LogP contribution in [0.5, 0.6) is 0 Å². The summed E-state index contributed by atoms with van der Waals surface area (Å²) in [5.41, 5.74) is 2.74. The summed E-state index contributed by atoms with van der Waals surface area (Å²) < 4.78 is 13.1. The van der Waals surface area contributed by atoms with Crippen molar-refractivity contribution in [3.63, 3.8) is 0 Å². The first-order valence-electron chi connectivity index (χ1n) is 9.31. The number of nitrogens with zero attached hydrogens (tertiary/aromatic N) is 2. The van der Waals surface area contributed by atoms with Gasteiger partial charge in [-0.1, -0.05) is 17.7 Å². The Hall–Kier alpha value is -2.73. The van der Waals surface area contributed by atoms with Crippen molar-refractivity contribution >= 4 is 23.2 Å². The summed E-state index contributed by atoms with van der Waals surface area (Å²) in [6, 6.07) is 13.7. The summed E-state index contributed by atoms with van der Waals surface area (Å²) in [6.45, 7) is 5.10. The fraction of sp³-hybridized carbons (Fsp3) is 0.333. The van der Waals surface area contributed by atoms with Gasteiger partial charge in [0, 0.05) is 5.69 Å². The molecule has 0 spiro atoms. The van der Waals surface area contributed by atoms with Crippen LogP contribution in [0, 0.1) is 12.7 Å². The molecule has 0 aromatic heterocycles. The Labute approximate surface area is 158 Å². The van der Waals surface area contributed by atoms with Gasteiger partial charge in [-0.3, -0.25) is 9.59 Å². The Balaban J connectivity index is 1.43. The molecule has 4 rings (SSSR count). The van der Waals surface area contributed by atoms with Crippen molar-refractivity contribution in [3.8, 4) is 0 Å². The predicted molar refractivity (Wildman–Crippen MR) is 101 cm³/mol. The lowest BCUT2D eigenvalue weighted by atomic mass is 10.1. The number of hydrogen-bond donors (Lipinski definition) is 1. The van der Waals surface area contributed by atoms with E-state index >= 15 is 0 Å². The number of halogens is 1. The molecule has 2 aliphatic rings. The Kier molecular flexibility index (Phi) is 4.66. The van der Waals surface area contributed by atoms with Crippen molar-refractivity contribution in [2.75, 3.05) is 36.0 Å². The molecule has 0 unspecified atom stereocenters. The third-order valence-corrected chi connectivity index (χ3v) is 5.53.